The lowest BCUT2D eigenvalue weighted by molar-refractivity contribution is -0.227. The molecule has 0 radical (unpaired) electrons. The maximum Gasteiger partial charge on any atom is 0.322 e. The van der Waals surface area contributed by atoms with Gasteiger partial charge in [-0.25, -0.2) is 4.79 Å². The number of carbonyl (C=O) groups is 1. The van der Waals surface area contributed by atoms with Crippen LogP contribution in [0.2, 0.25) is 0 Å². The molecule has 4 aliphatic rings. The van der Waals surface area contributed by atoms with Gasteiger partial charge in [0.15, 0.2) is 5.82 Å². The van der Waals surface area contributed by atoms with Crippen molar-refractivity contribution in [3.05, 3.63) is 12.3 Å². The van der Waals surface area contributed by atoms with E-state index in [2.05, 4.69) is 20.3 Å². The van der Waals surface area contributed by atoms with Crippen LogP contribution in [0.4, 0.5) is 10.6 Å². The summed E-state index contributed by atoms with van der Waals surface area (Å²) in [7, 11) is 0. The number of hydrogen-bond acceptors (Lipinski definition) is 4. The van der Waals surface area contributed by atoms with Crippen molar-refractivity contribution in [2.45, 2.75) is 43.9 Å². The van der Waals surface area contributed by atoms with E-state index in [1.165, 1.54) is 12.7 Å². The Morgan fingerprint density at radius 1 is 1.32 bits per heavy atom. The highest BCUT2D eigenvalue weighted by Crippen LogP contribution is 2.51. The first kappa shape index (κ1) is 11.3. The zero-order chi connectivity index (χ0) is 12.9. The lowest BCUT2D eigenvalue weighted by atomic mass is 9.65. The van der Waals surface area contributed by atoms with E-state index in [4.69, 9.17) is 4.74 Å². The van der Waals surface area contributed by atoms with Crippen LogP contribution in [0.5, 0.6) is 0 Å². The minimum absolute atomic E-state index is 0.268. The highest BCUT2D eigenvalue weighted by molar-refractivity contribution is 5.88. The number of urea groups is 1. The third kappa shape index (κ3) is 2.00. The molecule has 4 bridgehead atoms. The Kier molecular flexibility index (Phi) is 2.35. The van der Waals surface area contributed by atoms with Gasteiger partial charge in [0.05, 0.1) is 6.10 Å². The maximum absolute atomic E-state index is 12.0. The number of aromatic nitrogens is 1. The summed E-state index contributed by atoms with van der Waals surface area (Å²) >= 11 is 0. The molecule has 2 N–H and O–H groups in total. The molecule has 6 nitrogen and oxygen atoms in total. The van der Waals surface area contributed by atoms with Gasteiger partial charge in [-0.15, -0.1) is 0 Å². The average Bonchev–Trinajstić information content (AvgIpc) is 2.78. The lowest BCUT2D eigenvalue weighted by Gasteiger charge is -2.56. The first-order valence-corrected chi connectivity index (χ1v) is 6.88. The molecule has 1 aromatic heterocycles. The van der Waals surface area contributed by atoms with Gasteiger partial charge < -0.3 is 14.6 Å². The fourth-order valence-corrected chi connectivity index (χ4v) is 4.13. The molecular formula is C13H17N3O3. The molecule has 3 heterocycles. The molecule has 2 aliphatic carbocycles. The van der Waals surface area contributed by atoms with Crippen molar-refractivity contribution in [3.8, 4) is 0 Å². The summed E-state index contributed by atoms with van der Waals surface area (Å²) < 4.78 is 10.8. The SMILES string of the molecule is O=C(Nc1ccon1)NC12CC3CC(CC(C3)O1)C2. The van der Waals surface area contributed by atoms with Gasteiger partial charge >= 0.3 is 6.03 Å². The van der Waals surface area contributed by atoms with Gasteiger partial charge in [-0.05, 0) is 43.9 Å². The van der Waals surface area contributed by atoms with Crippen LogP contribution in [-0.4, -0.2) is 23.0 Å². The lowest BCUT2D eigenvalue weighted by Crippen LogP contribution is -2.63. The van der Waals surface area contributed by atoms with Gasteiger partial charge in [0.2, 0.25) is 0 Å². The highest BCUT2D eigenvalue weighted by atomic mass is 16.5. The zero-order valence-electron chi connectivity index (χ0n) is 10.6. The topological polar surface area (TPSA) is 76.4 Å². The van der Waals surface area contributed by atoms with E-state index in [-0.39, 0.29) is 6.03 Å². The fourth-order valence-electron chi connectivity index (χ4n) is 4.13. The van der Waals surface area contributed by atoms with Crippen molar-refractivity contribution in [2.24, 2.45) is 11.8 Å². The van der Waals surface area contributed by atoms with E-state index < -0.39 is 5.72 Å². The summed E-state index contributed by atoms with van der Waals surface area (Å²) in [6, 6.07) is 1.34. The van der Waals surface area contributed by atoms with Gasteiger partial charge in [0.1, 0.15) is 12.0 Å². The van der Waals surface area contributed by atoms with Crippen LogP contribution in [0.1, 0.15) is 32.1 Å². The quantitative estimate of drug-likeness (QED) is 0.856. The minimum atomic E-state index is -0.456. The number of nitrogens with zero attached hydrogens (tertiary/aromatic N) is 1. The number of rotatable bonds is 2. The molecule has 4 fully saturated rings. The molecule has 102 valence electrons. The molecule has 0 spiro atoms. The summed E-state index contributed by atoms with van der Waals surface area (Å²) in [6.07, 6.45) is 7.25. The Labute approximate surface area is 110 Å². The zero-order valence-corrected chi connectivity index (χ0v) is 10.6. The first-order chi connectivity index (χ1) is 9.21. The average molecular weight is 263 g/mol. The number of amides is 2. The van der Waals surface area contributed by atoms with E-state index in [0.717, 1.165) is 25.7 Å². The fraction of sp³-hybridized carbons (Fsp3) is 0.692. The number of hydrogen-bond donors (Lipinski definition) is 2. The molecule has 5 rings (SSSR count). The van der Waals surface area contributed by atoms with Crippen molar-refractivity contribution < 1.29 is 14.1 Å². The van der Waals surface area contributed by atoms with Crippen LogP contribution in [-0.2, 0) is 4.74 Å². The van der Waals surface area contributed by atoms with E-state index in [1.54, 1.807) is 6.07 Å². The van der Waals surface area contributed by atoms with E-state index in [0.29, 0.717) is 23.8 Å². The Morgan fingerprint density at radius 3 is 2.74 bits per heavy atom. The van der Waals surface area contributed by atoms with E-state index >= 15 is 0 Å². The van der Waals surface area contributed by atoms with Crippen LogP contribution in [0.25, 0.3) is 0 Å². The predicted octanol–water partition coefficient (Wildman–Crippen LogP) is 2.10. The Morgan fingerprint density at radius 2 is 2.11 bits per heavy atom. The standard InChI is InChI=1S/C13H17N3O3/c17-12(14-11-1-2-18-16-11)15-13-6-8-3-9(7-13)5-10(4-8)19-13/h1-2,8-10H,3-7H2,(H2,14,15,16,17). The molecule has 2 aliphatic heterocycles. The van der Waals surface area contributed by atoms with Crippen molar-refractivity contribution in [1.29, 1.82) is 0 Å². The number of carbonyl (C=O) groups excluding carboxylic acids is 1. The maximum atomic E-state index is 12.0. The van der Waals surface area contributed by atoms with Crippen LogP contribution in [0.3, 0.4) is 0 Å². The summed E-state index contributed by atoms with van der Waals surface area (Å²) in [5, 5.41) is 9.33. The van der Waals surface area contributed by atoms with Crippen molar-refractivity contribution in [2.75, 3.05) is 5.32 Å². The number of nitrogens with one attached hydrogen (secondary N) is 2. The largest absolute Gasteiger partial charge is 0.363 e. The molecule has 19 heavy (non-hydrogen) atoms. The van der Waals surface area contributed by atoms with Gasteiger partial charge in [-0.3, -0.25) is 5.32 Å². The van der Waals surface area contributed by atoms with Gasteiger partial charge in [0, 0.05) is 6.07 Å². The summed E-state index contributed by atoms with van der Waals surface area (Å²) in [5.74, 6) is 1.83. The molecule has 2 saturated heterocycles. The molecule has 2 atom stereocenters. The Balaban J connectivity index is 1.46. The molecule has 2 saturated carbocycles. The molecule has 1 aromatic rings. The second-order valence-corrected chi connectivity index (χ2v) is 6.05. The van der Waals surface area contributed by atoms with Crippen molar-refractivity contribution in [3.63, 3.8) is 0 Å². The Bertz CT molecular complexity index is 450. The third-order valence-corrected chi connectivity index (χ3v) is 4.51. The molecule has 2 amide bonds. The number of ether oxygens (including phenoxy) is 1. The van der Waals surface area contributed by atoms with E-state index in [9.17, 15) is 4.79 Å². The molecule has 2 unspecified atom stereocenters. The van der Waals surface area contributed by atoms with E-state index in [1.807, 2.05) is 0 Å². The van der Waals surface area contributed by atoms with Crippen molar-refractivity contribution in [1.82, 2.24) is 10.5 Å². The number of anilines is 1. The second kappa shape index (κ2) is 3.96. The second-order valence-electron chi connectivity index (χ2n) is 6.05. The van der Waals surface area contributed by atoms with Crippen LogP contribution >= 0.6 is 0 Å². The molecular weight excluding hydrogens is 246 g/mol. The van der Waals surface area contributed by atoms with Crippen LogP contribution in [0.15, 0.2) is 16.9 Å². The summed E-state index contributed by atoms with van der Waals surface area (Å²) in [6.45, 7) is 0. The van der Waals surface area contributed by atoms with Gasteiger partial charge in [0.25, 0.3) is 0 Å². The normalized spacial score (nSPS) is 39.3. The van der Waals surface area contributed by atoms with Gasteiger partial charge in [-0.2, -0.15) is 0 Å². The predicted molar refractivity (Wildman–Crippen MR) is 66.3 cm³/mol. The minimum Gasteiger partial charge on any atom is -0.363 e. The van der Waals surface area contributed by atoms with Gasteiger partial charge in [-0.1, -0.05) is 5.16 Å². The highest BCUT2D eigenvalue weighted by Gasteiger charge is 2.52. The first-order valence-electron chi connectivity index (χ1n) is 6.88. The van der Waals surface area contributed by atoms with Crippen LogP contribution in [0, 0.1) is 11.8 Å². The molecule has 6 heteroatoms. The molecule has 0 aromatic carbocycles. The Hall–Kier alpha value is -1.56. The third-order valence-electron chi connectivity index (χ3n) is 4.51. The van der Waals surface area contributed by atoms with Crippen LogP contribution < -0.4 is 10.6 Å². The summed E-state index contributed by atoms with van der Waals surface area (Å²) in [4.78, 5) is 12.0. The monoisotopic (exact) mass is 263 g/mol. The summed E-state index contributed by atoms with van der Waals surface area (Å²) in [5.41, 5.74) is -0.456. The smallest absolute Gasteiger partial charge is 0.322 e. The van der Waals surface area contributed by atoms with Crippen molar-refractivity contribution >= 4 is 11.8 Å².